The number of aliphatic hydroxyl groups excluding tert-OH is 1. The van der Waals surface area contributed by atoms with Crippen LogP contribution in [-0.4, -0.2) is 33.4 Å². The first kappa shape index (κ1) is 17.9. The van der Waals surface area contributed by atoms with Gasteiger partial charge in [-0.15, -0.1) is 0 Å². The molecule has 24 heavy (non-hydrogen) atoms. The van der Waals surface area contributed by atoms with E-state index in [1.807, 2.05) is 20.8 Å². The minimum Gasteiger partial charge on any atom is -0.394 e. The molecule has 1 aromatic heterocycles. The Hall–Kier alpha value is -2.41. The van der Waals surface area contributed by atoms with Crippen LogP contribution in [0.25, 0.3) is 11.5 Å². The number of amides is 2. The normalized spacial score (nSPS) is 13.6. The van der Waals surface area contributed by atoms with Crippen molar-refractivity contribution < 1.29 is 14.4 Å². The molecule has 1 aromatic carbocycles. The maximum absolute atomic E-state index is 12.0. The van der Waals surface area contributed by atoms with E-state index in [1.54, 1.807) is 31.2 Å². The Labute approximate surface area is 141 Å². The third-order valence-corrected chi connectivity index (χ3v) is 3.89. The van der Waals surface area contributed by atoms with Crippen LogP contribution in [0, 0.1) is 0 Å². The van der Waals surface area contributed by atoms with E-state index in [0.717, 1.165) is 5.56 Å². The molecule has 2 aromatic rings. The molecule has 3 N–H and O–H groups in total. The van der Waals surface area contributed by atoms with E-state index >= 15 is 0 Å². The molecule has 2 amide bonds. The number of hydrogen-bond donors (Lipinski definition) is 3. The Balaban J connectivity index is 2.02. The molecule has 1 atom stereocenters. The molecule has 0 aliphatic carbocycles. The molecule has 2 rings (SSSR count). The van der Waals surface area contributed by atoms with Crippen molar-refractivity contribution in [3.05, 3.63) is 30.1 Å². The van der Waals surface area contributed by atoms with Gasteiger partial charge in [-0.3, -0.25) is 0 Å². The molecule has 0 radical (unpaired) electrons. The van der Waals surface area contributed by atoms with Crippen LogP contribution in [-0.2, 0) is 0 Å². The second kappa shape index (κ2) is 7.44. The maximum Gasteiger partial charge on any atom is 0.319 e. The van der Waals surface area contributed by atoms with Gasteiger partial charge in [0, 0.05) is 17.2 Å². The molecule has 0 spiro atoms. The van der Waals surface area contributed by atoms with Gasteiger partial charge in [-0.05, 0) is 37.6 Å². The first-order valence-corrected chi connectivity index (χ1v) is 8.01. The van der Waals surface area contributed by atoms with Gasteiger partial charge in [0.1, 0.15) is 0 Å². The number of hydrogen-bond acceptors (Lipinski definition) is 5. The Morgan fingerprint density at radius 3 is 2.50 bits per heavy atom. The SMILES string of the molecule is CCC(C)(CO)NC(=O)Nc1ccc(-c2nc(C(C)C)no2)cc1. The van der Waals surface area contributed by atoms with Crippen LogP contribution in [0.15, 0.2) is 28.8 Å². The van der Waals surface area contributed by atoms with Gasteiger partial charge < -0.3 is 20.3 Å². The van der Waals surface area contributed by atoms with Crippen molar-refractivity contribution in [3.63, 3.8) is 0 Å². The molecule has 1 unspecified atom stereocenters. The third-order valence-electron chi connectivity index (χ3n) is 3.89. The lowest BCUT2D eigenvalue weighted by Gasteiger charge is -2.27. The van der Waals surface area contributed by atoms with Crippen LogP contribution >= 0.6 is 0 Å². The Bertz CT molecular complexity index is 675. The summed E-state index contributed by atoms with van der Waals surface area (Å²) in [4.78, 5) is 16.3. The molecule has 0 saturated heterocycles. The molecule has 0 aliphatic heterocycles. The minimum absolute atomic E-state index is 0.120. The van der Waals surface area contributed by atoms with Gasteiger partial charge in [0.25, 0.3) is 5.89 Å². The van der Waals surface area contributed by atoms with Crippen molar-refractivity contribution in [2.45, 2.75) is 45.6 Å². The van der Waals surface area contributed by atoms with E-state index in [1.165, 1.54) is 0 Å². The van der Waals surface area contributed by atoms with Gasteiger partial charge in [0.15, 0.2) is 5.82 Å². The summed E-state index contributed by atoms with van der Waals surface area (Å²) in [7, 11) is 0. The lowest BCUT2D eigenvalue weighted by Crippen LogP contribution is -2.50. The monoisotopic (exact) mass is 332 g/mol. The Kier molecular flexibility index (Phi) is 5.56. The molecule has 0 saturated carbocycles. The number of nitrogens with one attached hydrogen (secondary N) is 2. The van der Waals surface area contributed by atoms with Gasteiger partial charge in [0.05, 0.1) is 12.1 Å². The summed E-state index contributed by atoms with van der Waals surface area (Å²) in [6.45, 7) is 7.57. The summed E-state index contributed by atoms with van der Waals surface area (Å²) in [6, 6.07) is 6.77. The van der Waals surface area contributed by atoms with E-state index in [4.69, 9.17) is 4.52 Å². The molecular formula is C17H24N4O3. The number of aliphatic hydroxyl groups is 1. The highest BCUT2D eigenvalue weighted by atomic mass is 16.5. The molecule has 130 valence electrons. The van der Waals surface area contributed by atoms with E-state index in [2.05, 4.69) is 20.8 Å². The van der Waals surface area contributed by atoms with Crippen molar-refractivity contribution >= 4 is 11.7 Å². The standard InChI is InChI=1S/C17H24N4O3/c1-5-17(4,10-22)20-16(23)18-13-8-6-12(7-9-13)15-19-14(11(2)3)21-24-15/h6-9,11,22H,5,10H2,1-4H3,(H2,18,20,23). The molecular weight excluding hydrogens is 308 g/mol. The van der Waals surface area contributed by atoms with Crippen molar-refractivity contribution in [2.75, 3.05) is 11.9 Å². The van der Waals surface area contributed by atoms with Gasteiger partial charge >= 0.3 is 6.03 Å². The second-order valence-corrected chi connectivity index (χ2v) is 6.34. The predicted octanol–water partition coefficient (Wildman–Crippen LogP) is 3.14. The van der Waals surface area contributed by atoms with Crippen LogP contribution in [0.1, 0.15) is 45.9 Å². The van der Waals surface area contributed by atoms with Crippen molar-refractivity contribution in [2.24, 2.45) is 0 Å². The number of carbonyl (C=O) groups excluding carboxylic acids is 1. The van der Waals surface area contributed by atoms with E-state index in [-0.39, 0.29) is 18.6 Å². The molecule has 7 nitrogen and oxygen atoms in total. The van der Waals surface area contributed by atoms with Crippen molar-refractivity contribution in [3.8, 4) is 11.5 Å². The number of anilines is 1. The Morgan fingerprint density at radius 2 is 2.00 bits per heavy atom. The van der Waals surface area contributed by atoms with Gasteiger partial charge in [-0.2, -0.15) is 4.98 Å². The summed E-state index contributed by atoms with van der Waals surface area (Å²) in [5.74, 6) is 1.31. The first-order valence-electron chi connectivity index (χ1n) is 8.01. The van der Waals surface area contributed by atoms with E-state index < -0.39 is 5.54 Å². The first-order chi connectivity index (χ1) is 11.4. The number of nitrogens with zero attached hydrogens (tertiary/aromatic N) is 2. The van der Waals surface area contributed by atoms with Gasteiger partial charge in [0.2, 0.25) is 0 Å². The highest BCUT2D eigenvalue weighted by Crippen LogP contribution is 2.21. The number of carbonyl (C=O) groups is 1. The number of benzene rings is 1. The fourth-order valence-electron chi connectivity index (χ4n) is 1.96. The van der Waals surface area contributed by atoms with Crippen molar-refractivity contribution in [1.29, 1.82) is 0 Å². The van der Waals surface area contributed by atoms with E-state index in [0.29, 0.717) is 23.8 Å². The predicted molar refractivity (Wildman–Crippen MR) is 91.8 cm³/mol. The largest absolute Gasteiger partial charge is 0.394 e. The molecule has 0 fully saturated rings. The van der Waals surface area contributed by atoms with Crippen LogP contribution in [0.5, 0.6) is 0 Å². The van der Waals surface area contributed by atoms with Crippen LogP contribution in [0.3, 0.4) is 0 Å². The fraction of sp³-hybridized carbons (Fsp3) is 0.471. The lowest BCUT2D eigenvalue weighted by molar-refractivity contribution is 0.172. The van der Waals surface area contributed by atoms with Gasteiger partial charge in [-0.25, -0.2) is 4.79 Å². The van der Waals surface area contributed by atoms with Gasteiger partial charge in [-0.1, -0.05) is 25.9 Å². The summed E-state index contributed by atoms with van der Waals surface area (Å²) < 4.78 is 5.24. The fourth-order valence-corrected chi connectivity index (χ4v) is 1.96. The summed E-state index contributed by atoms with van der Waals surface area (Å²) in [5, 5.41) is 18.8. The summed E-state index contributed by atoms with van der Waals surface area (Å²) in [5.41, 5.74) is 0.784. The zero-order valence-corrected chi connectivity index (χ0v) is 14.5. The summed E-state index contributed by atoms with van der Waals surface area (Å²) >= 11 is 0. The van der Waals surface area contributed by atoms with Crippen LogP contribution in [0.2, 0.25) is 0 Å². The van der Waals surface area contributed by atoms with Crippen LogP contribution in [0.4, 0.5) is 10.5 Å². The van der Waals surface area contributed by atoms with E-state index in [9.17, 15) is 9.90 Å². The maximum atomic E-state index is 12.0. The average molecular weight is 332 g/mol. The number of aromatic nitrogens is 2. The third kappa shape index (κ3) is 4.32. The molecule has 1 heterocycles. The quantitative estimate of drug-likeness (QED) is 0.754. The smallest absolute Gasteiger partial charge is 0.319 e. The Morgan fingerprint density at radius 1 is 1.33 bits per heavy atom. The van der Waals surface area contributed by atoms with Crippen LogP contribution < -0.4 is 10.6 Å². The number of urea groups is 1. The average Bonchev–Trinajstić information content (AvgIpc) is 3.05. The zero-order chi connectivity index (χ0) is 17.7. The molecule has 0 bridgehead atoms. The topological polar surface area (TPSA) is 100 Å². The highest BCUT2D eigenvalue weighted by Gasteiger charge is 2.23. The summed E-state index contributed by atoms with van der Waals surface area (Å²) in [6.07, 6.45) is 0.630. The highest BCUT2D eigenvalue weighted by molar-refractivity contribution is 5.90. The molecule has 7 heteroatoms. The minimum atomic E-state index is -0.638. The zero-order valence-electron chi connectivity index (χ0n) is 14.5. The second-order valence-electron chi connectivity index (χ2n) is 6.34. The lowest BCUT2D eigenvalue weighted by atomic mass is 10.0. The molecule has 0 aliphatic rings. The van der Waals surface area contributed by atoms with Crippen molar-refractivity contribution in [1.82, 2.24) is 15.5 Å². The number of rotatable bonds is 6.